The summed E-state index contributed by atoms with van der Waals surface area (Å²) in [4.78, 5) is 21.4. The Hall–Kier alpha value is -1.62. The van der Waals surface area contributed by atoms with Crippen molar-refractivity contribution in [1.82, 2.24) is 10.6 Å². The lowest BCUT2D eigenvalue weighted by atomic mass is 10.5. The van der Waals surface area contributed by atoms with Crippen LogP contribution in [0.2, 0.25) is 0 Å². The number of amides is 2. The average molecular weight is 184 g/mol. The molecule has 5 nitrogen and oxygen atoms in total. The van der Waals surface area contributed by atoms with Crippen LogP contribution in [0.1, 0.15) is 0 Å². The van der Waals surface area contributed by atoms with Crippen LogP contribution >= 0.6 is 0 Å². The van der Waals surface area contributed by atoms with E-state index in [-0.39, 0.29) is 25.1 Å². The Kier molecular flexibility index (Phi) is 6.17. The van der Waals surface area contributed by atoms with Gasteiger partial charge in [-0.1, -0.05) is 12.7 Å². The molecule has 0 saturated heterocycles. The maximum atomic E-state index is 10.8. The Labute approximate surface area is 76.1 Å². The van der Waals surface area contributed by atoms with E-state index in [4.69, 9.17) is 5.11 Å². The van der Waals surface area contributed by atoms with E-state index in [1.165, 1.54) is 12.2 Å². The summed E-state index contributed by atoms with van der Waals surface area (Å²) >= 11 is 0. The van der Waals surface area contributed by atoms with E-state index in [2.05, 4.69) is 17.2 Å². The van der Waals surface area contributed by atoms with Crippen LogP contribution in [0.4, 0.5) is 0 Å². The van der Waals surface area contributed by atoms with Crippen LogP contribution in [0.25, 0.3) is 0 Å². The molecule has 0 spiro atoms. The lowest BCUT2D eigenvalue weighted by molar-refractivity contribution is -0.118. The highest BCUT2D eigenvalue weighted by atomic mass is 16.2. The number of hydrogen-bond donors (Lipinski definition) is 3. The largest absolute Gasteiger partial charge is 0.392 e. The van der Waals surface area contributed by atoms with Crippen molar-refractivity contribution < 1.29 is 14.7 Å². The fourth-order valence-corrected chi connectivity index (χ4v) is 0.509. The molecule has 0 aromatic heterocycles. The number of nitrogens with one attached hydrogen (secondary N) is 2. The maximum Gasteiger partial charge on any atom is 0.245 e. The summed E-state index contributed by atoms with van der Waals surface area (Å²) < 4.78 is 0. The van der Waals surface area contributed by atoms with Crippen LogP contribution in [0, 0.1) is 0 Å². The zero-order valence-corrected chi connectivity index (χ0v) is 7.12. The monoisotopic (exact) mass is 184 g/mol. The molecular formula is C8H12N2O3. The third-order valence-corrected chi connectivity index (χ3v) is 1.09. The van der Waals surface area contributed by atoms with Crippen LogP contribution in [-0.2, 0) is 9.59 Å². The topological polar surface area (TPSA) is 78.4 Å². The van der Waals surface area contributed by atoms with Gasteiger partial charge in [-0.15, -0.1) is 0 Å². The van der Waals surface area contributed by atoms with Crippen LogP contribution in [0.15, 0.2) is 24.8 Å². The first-order valence-corrected chi connectivity index (χ1v) is 3.66. The van der Waals surface area contributed by atoms with E-state index in [0.29, 0.717) is 0 Å². The second-order valence-electron chi connectivity index (χ2n) is 2.05. The molecule has 0 aliphatic heterocycles. The van der Waals surface area contributed by atoms with E-state index < -0.39 is 0 Å². The first-order chi connectivity index (χ1) is 6.20. The fourth-order valence-electron chi connectivity index (χ4n) is 0.509. The molecule has 0 atom stereocenters. The molecule has 0 radical (unpaired) electrons. The van der Waals surface area contributed by atoms with Crippen LogP contribution in [-0.4, -0.2) is 30.2 Å². The van der Waals surface area contributed by atoms with Crippen molar-refractivity contribution in [3.05, 3.63) is 24.8 Å². The number of carbonyl (C=O) groups is 2. The van der Waals surface area contributed by atoms with Gasteiger partial charge in [-0.05, 0) is 6.08 Å². The summed E-state index contributed by atoms with van der Waals surface area (Å²) in [5.41, 5.74) is 0. The number of aliphatic hydroxyl groups is 1. The van der Waals surface area contributed by atoms with Gasteiger partial charge in [0.25, 0.3) is 0 Å². The third kappa shape index (κ3) is 6.77. The summed E-state index contributed by atoms with van der Waals surface area (Å²) in [6, 6.07) is 0. The predicted molar refractivity (Wildman–Crippen MR) is 47.6 cm³/mol. The van der Waals surface area contributed by atoms with Crippen molar-refractivity contribution in [2.24, 2.45) is 0 Å². The van der Waals surface area contributed by atoms with Gasteiger partial charge in [0.15, 0.2) is 0 Å². The third-order valence-electron chi connectivity index (χ3n) is 1.09. The zero-order chi connectivity index (χ0) is 10.1. The van der Waals surface area contributed by atoms with Gasteiger partial charge < -0.3 is 15.7 Å². The lowest BCUT2D eigenvalue weighted by Gasteiger charge is -2.01. The minimum absolute atomic E-state index is 0.0411. The van der Waals surface area contributed by atoms with Gasteiger partial charge in [0.05, 0.1) is 13.3 Å². The van der Waals surface area contributed by atoms with Gasteiger partial charge in [-0.25, -0.2) is 0 Å². The second-order valence-corrected chi connectivity index (χ2v) is 2.05. The molecule has 2 amide bonds. The van der Waals surface area contributed by atoms with Crippen molar-refractivity contribution in [2.45, 2.75) is 0 Å². The SMILES string of the molecule is C=CC(=O)NCNC(=O)C=CCO. The Morgan fingerprint density at radius 2 is 1.92 bits per heavy atom. The van der Waals surface area contributed by atoms with Gasteiger partial charge in [-0.2, -0.15) is 0 Å². The molecule has 0 heterocycles. The fraction of sp³-hybridized carbons (Fsp3) is 0.250. The van der Waals surface area contributed by atoms with Crippen LogP contribution in [0.5, 0.6) is 0 Å². The molecule has 72 valence electrons. The predicted octanol–water partition coefficient (Wildman–Crippen LogP) is -1.09. The van der Waals surface area contributed by atoms with E-state index >= 15 is 0 Å². The molecule has 0 aliphatic rings. The minimum Gasteiger partial charge on any atom is -0.392 e. The highest BCUT2D eigenvalue weighted by Crippen LogP contribution is 1.71. The quantitative estimate of drug-likeness (QED) is 0.375. The van der Waals surface area contributed by atoms with E-state index in [0.717, 1.165) is 6.08 Å². The summed E-state index contributed by atoms with van der Waals surface area (Å²) in [5, 5.41) is 13.0. The number of hydrogen-bond acceptors (Lipinski definition) is 3. The van der Waals surface area contributed by atoms with Gasteiger partial charge in [0, 0.05) is 6.08 Å². The number of rotatable bonds is 5. The molecular weight excluding hydrogens is 172 g/mol. The lowest BCUT2D eigenvalue weighted by Crippen LogP contribution is -2.35. The van der Waals surface area contributed by atoms with Crippen molar-refractivity contribution in [2.75, 3.05) is 13.3 Å². The average Bonchev–Trinajstić information content (AvgIpc) is 2.14. The number of carbonyl (C=O) groups excluding carboxylic acids is 2. The molecule has 0 bridgehead atoms. The Bertz CT molecular complexity index is 223. The Morgan fingerprint density at radius 3 is 2.46 bits per heavy atom. The molecule has 13 heavy (non-hydrogen) atoms. The van der Waals surface area contributed by atoms with Crippen molar-refractivity contribution >= 4 is 11.8 Å². The first kappa shape index (κ1) is 11.4. The highest BCUT2D eigenvalue weighted by Gasteiger charge is 1.94. The van der Waals surface area contributed by atoms with Crippen molar-refractivity contribution in [3.8, 4) is 0 Å². The molecule has 0 aromatic carbocycles. The first-order valence-electron chi connectivity index (χ1n) is 3.66. The van der Waals surface area contributed by atoms with E-state index in [1.54, 1.807) is 0 Å². The van der Waals surface area contributed by atoms with Crippen molar-refractivity contribution in [3.63, 3.8) is 0 Å². The molecule has 0 aromatic rings. The Morgan fingerprint density at radius 1 is 1.31 bits per heavy atom. The summed E-state index contributed by atoms with van der Waals surface area (Å²) in [6.45, 7) is 3.09. The number of aliphatic hydroxyl groups excluding tert-OH is 1. The van der Waals surface area contributed by atoms with E-state index in [1.807, 2.05) is 0 Å². The van der Waals surface area contributed by atoms with Gasteiger partial charge in [0.2, 0.25) is 11.8 Å². The molecule has 0 aliphatic carbocycles. The van der Waals surface area contributed by atoms with Crippen molar-refractivity contribution in [1.29, 1.82) is 0 Å². The minimum atomic E-state index is -0.376. The molecule has 5 heteroatoms. The van der Waals surface area contributed by atoms with Gasteiger partial charge in [0.1, 0.15) is 0 Å². The van der Waals surface area contributed by atoms with Crippen LogP contribution in [0.3, 0.4) is 0 Å². The normalized spacial score (nSPS) is 9.62. The molecule has 0 fully saturated rings. The molecule has 0 rings (SSSR count). The van der Waals surface area contributed by atoms with Crippen LogP contribution < -0.4 is 10.6 Å². The van der Waals surface area contributed by atoms with Gasteiger partial charge >= 0.3 is 0 Å². The highest BCUT2D eigenvalue weighted by molar-refractivity contribution is 5.89. The molecule has 0 saturated carbocycles. The maximum absolute atomic E-state index is 10.8. The zero-order valence-electron chi connectivity index (χ0n) is 7.12. The molecule has 3 N–H and O–H groups in total. The standard InChI is InChI=1S/C8H12N2O3/c1-2-7(12)9-6-10-8(13)4-3-5-11/h2-4,11H,1,5-6H2,(H,9,12)(H,10,13). The second kappa shape index (κ2) is 7.05. The summed E-state index contributed by atoms with van der Waals surface area (Å²) in [5.74, 6) is -0.732. The Balaban J connectivity index is 3.53. The summed E-state index contributed by atoms with van der Waals surface area (Å²) in [6.07, 6.45) is 3.58. The van der Waals surface area contributed by atoms with E-state index in [9.17, 15) is 9.59 Å². The van der Waals surface area contributed by atoms with Gasteiger partial charge in [-0.3, -0.25) is 9.59 Å². The molecule has 0 unspecified atom stereocenters. The smallest absolute Gasteiger partial charge is 0.245 e. The summed E-state index contributed by atoms with van der Waals surface area (Å²) in [7, 11) is 0.